The Morgan fingerprint density at radius 2 is 1.56 bits per heavy atom. The molecule has 12 nitrogen and oxygen atoms in total. The molecule has 0 radical (unpaired) electrons. The number of hydrogen-bond acceptors (Lipinski definition) is 13. The van der Waals surface area contributed by atoms with Gasteiger partial charge in [-0.05, 0) is 18.5 Å². The van der Waals surface area contributed by atoms with Crippen LogP contribution in [0.4, 0.5) is 0 Å². The van der Waals surface area contributed by atoms with E-state index in [9.17, 15) is 19.2 Å². The first-order chi connectivity index (χ1) is 15.0. The summed E-state index contributed by atoms with van der Waals surface area (Å²) in [5.74, 6) is -2.77. The van der Waals surface area contributed by atoms with Gasteiger partial charge in [0.2, 0.25) is 4.77 Å². The van der Waals surface area contributed by atoms with Crippen molar-refractivity contribution in [3.63, 3.8) is 0 Å². The number of hydrogen-bond donors (Lipinski definition) is 0. The monoisotopic (exact) mass is 489 g/mol. The van der Waals surface area contributed by atoms with Crippen LogP contribution < -0.4 is 0 Å². The summed E-state index contributed by atoms with van der Waals surface area (Å²) in [5, 5.41) is 0.400. The van der Waals surface area contributed by atoms with Crippen molar-refractivity contribution in [2.24, 2.45) is 0 Å². The van der Waals surface area contributed by atoms with Gasteiger partial charge in [0, 0.05) is 27.7 Å². The molecule has 1 aliphatic rings. The first-order valence-electron chi connectivity index (χ1n) is 9.33. The van der Waals surface area contributed by atoms with Gasteiger partial charge in [-0.15, -0.1) is 0 Å². The highest BCUT2D eigenvalue weighted by Crippen LogP contribution is 2.34. The molecule has 1 saturated heterocycles. The van der Waals surface area contributed by atoms with Gasteiger partial charge in [0.1, 0.15) is 19.0 Å². The van der Waals surface area contributed by atoms with Crippen LogP contribution in [-0.4, -0.2) is 75.7 Å². The van der Waals surface area contributed by atoms with E-state index >= 15 is 0 Å². The maximum Gasteiger partial charge on any atom is 0.303 e. The van der Waals surface area contributed by atoms with E-state index in [1.165, 1.54) is 29.6 Å². The lowest BCUT2D eigenvalue weighted by Gasteiger charge is -2.44. The van der Waals surface area contributed by atoms with Crippen molar-refractivity contribution in [3.8, 4) is 0 Å². The van der Waals surface area contributed by atoms with Crippen LogP contribution in [0.5, 0.6) is 0 Å². The predicted molar refractivity (Wildman–Crippen MR) is 110 cm³/mol. The van der Waals surface area contributed by atoms with Crippen molar-refractivity contribution in [1.82, 2.24) is 14.5 Å². The molecule has 5 atom stereocenters. The summed E-state index contributed by atoms with van der Waals surface area (Å²) in [5.41, 5.74) is 0. The third-order valence-electron chi connectivity index (χ3n) is 4.13. The van der Waals surface area contributed by atoms with Gasteiger partial charge in [0.25, 0.3) is 0 Å². The minimum absolute atomic E-state index is 0.0465. The Kier molecular flexibility index (Phi) is 9.09. The minimum Gasteiger partial charge on any atom is -0.463 e. The molecule has 0 bridgehead atoms. The fraction of sp³-hybridized carbons (Fsp3) is 0.611. The van der Waals surface area contributed by atoms with E-state index in [0.29, 0.717) is 5.16 Å². The zero-order valence-corrected chi connectivity index (χ0v) is 19.6. The Bertz CT molecular complexity index is 939. The number of esters is 4. The van der Waals surface area contributed by atoms with Crippen molar-refractivity contribution in [2.45, 2.75) is 63.5 Å². The smallest absolute Gasteiger partial charge is 0.303 e. The van der Waals surface area contributed by atoms with Crippen LogP contribution in [0.3, 0.4) is 0 Å². The van der Waals surface area contributed by atoms with Gasteiger partial charge in [-0.3, -0.25) is 23.7 Å². The zero-order valence-electron chi connectivity index (χ0n) is 18.0. The number of carbonyl (C=O) groups excluding carboxylic acids is 4. The first-order valence-corrected chi connectivity index (χ1v) is 11.0. The van der Waals surface area contributed by atoms with Gasteiger partial charge in [-0.25, -0.2) is 4.98 Å². The van der Waals surface area contributed by atoms with Crippen molar-refractivity contribution in [3.05, 3.63) is 11.1 Å². The molecule has 0 aromatic carbocycles. The molecule has 0 N–H and O–H groups in total. The fourth-order valence-electron chi connectivity index (χ4n) is 3.03. The van der Waals surface area contributed by atoms with Crippen LogP contribution >= 0.6 is 24.0 Å². The molecule has 0 spiro atoms. The quantitative estimate of drug-likeness (QED) is 0.232. The Morgan fingerprint density at radius 3 is 2.06 bits per heavy atom. The SMILES string of the molecule is CSc1ncn([C@H]2O[C@H](COC(C)=O)[C@H](OC(C)=O)[C@H](OC(C)=O)[C@H]2OC(C)=O)c(=S)n1. The largest absolute Gasteiger partial charge is 0.463 e. The zero-order chi connectivity index (χ0) is 24.0. The van der Waals surface area contributed by atoms with Gasteiger partial charge in [-0.1, -0.05) is 11.8 Å². The van der Waals surface area contributed by atoms with E-state index in [1.54, 1.807) is 6.26 Å². The van der Waals surface area contributed by atoms with E-state index in [4.69, 9.17) is 35.9 Å². The maximum absolute atomic E-state index is 11.9. The van der Waals surface area contributed by atoms with Crippen molar-refractivity contribution >= 4 is 47.9 Å². The molecule has 1 fully saturated rings. The summed E-state index contributed by atoms with van der Waals surface area (Å²) >= 11 is 6.59. The molecule has 176 valence electrons. The summed E-state index contributed by atoms with van der Waals surface area (Å²) in [4.78, 5) is 55.2. The van der Waals surface area contributed by atoms with Gasteiger partial charge >= 0.3 is 23.9 Å². The second-order valence-electron chi connectivity index (χ2n) is 6.62. The van der Waals surface area contributed by atoms with Crippen molar-refractivity contribution < 1.29 is 42.9 Å². The number of rotatable bonds is 7. The van der Waals surface area contributed by atoms with Crippen LogP contribution in [0.15, 0.2) is 11.5 Å². The lowest BCUT2D eigenvalue weighted by atomic mass is 9.97. The second-order valence-corrected chi connectivity index (χ2v) is 7.76. The Morgan fingerprint density at radius 1 is 1.00 bits per heavy atom. The third-order valence-corrected chi connectivity index (χ3v) is 4.99. The van der Waals surface area contributed by atoms with E-state index in [0.717, 1.165) is 20.8 Å². The third kappa shape index (κ3) is 6.71. The van der Waals surface area contributed by atoms with Crippen molar-refractivity contribution in [2.75, 3.05) is 12.9 Å². The lowest BCUT2D eigenvalue weighted by Crippen LogP contribution is -2.60. The maximum atomic E-state index is 11.9. The molecule has 0 unspecified atom stereocenters. The van der Waals surface area contributed by atoms with Crippen LogP contribution in [0, 0.1) is 4.77 Å². The molecule has 2 rings (SSSR count). The number of aromatic nitrogens is 3. The molecule has 14 heteroatoms. The first kappa shape index (κ1) is 25.7. The average Bonchev–Trinajstić information content (AvgIpc) is 2.68. The number of carbonyl (C=O) groups is 4. The highest BCUT2D eigenvalue weighted by atomic mass is 32.2. The number of nitrogens with zero attached hydrogens (tertiary/aromatic N) is 3. The molecule has 0 saturated carbocycles. The highest BCUT2D eigenvalue weighted by molar-refractivity contribution is 7.98. The molecule has 1 aliphatic heterocycles. The van der Waals surface area contributed by atoms with Crippen LogP contribution in [0.1, 0.15) is 33.9 Å². The van der Waals surface area contributed by atoms with E-state index in [2.05, 4.69) is 9.97 Å². The summed E-state index contributed by atoms with van der Waals surface area (Å²) in [7, 11) is 0. The van der Waals surface area contributed by atoms with Crippen molar-refractivity contribution in [1.29, 1.82) is 0 Å². The van der Waals surface area contributed by atoms with E-state index < -0.39 is 54.5 Å². The number of ether oxygens (including phenoxy) is 5. The molecular formula is C18H23N3O9S2. The fourth-order valence-corrected chi connectivity index (χ4v) is 3.66. The van der Waals surface area contributed by atoms with Crippen LogP contribution in [0.25, 0.3) is 0 Å². The molecule has 0 amide bonds. The van der Waals surface area contributed by atoms with Crippen LogP contribution in [-0.2, 0) is 42.9 Å². The van der Waals surface area contributed by atoms with Crippen LogP contribution in [0.2, 0.25) is 0 Å². The Balaban J connectivity index is 2.59. The molecule has 1 aromatic heterocycles. The highest BCUT2D eigenvalue weighted by Gasteiger charge is 2.53. The lowest BCUT2D eigenvalue weighted by molar-refractivity contribution is -0.269. The normalized spacial score (nSPS) is 24.8. The molecular weight excluding hydrogens is 466 g/mol. The van der Waals surface area contributed by atoms with Gasteiger partial charge < -0.3 is 23.7 Å². The summed E-state index contributed by atoms with van der Waals surface area (Å²) < 4.78 is 28.5. The van der Waals surface area contributed by atoms with Gasteiger partial charge in [0.15, 0.2) is 29.7 Å². The summed E-state index contributed by atoms with van der Waals surface area (Å²) in [6, 6.07) is 0. The standard InChI is InChI=1S/C18H23N3O9S2/c1-8(22)26-6-12-13(27-9(2)23)14(28-10(3)24)15(29-11(4)25)16(30-12)21-7-19-17(32-5)20-18(21)31/h7,12-16H,6H2,1-5H3/t12-,13+,14+,15-,16+/m1/s1. The van der Waals surface area contributed by atoms with E-state index in [1.807, 2.05) is 0 Å². The average molecular weight is 490 g/mol. The predicted octanol–water partition coefficient (Wildman–Crippen LogP) is 0.985. The summed E-state index contributed by atoms with van der Waals surface area (Å²) in [6.45, 7) is 4.29. The molecule has 2 heterocycles. The van der Waals surface area contributed by atoms with E-state index in [-0.39, 0.29) is 11.4 Å². The Hall–Kier alpha value is -2.58. The molecule has 1 aromatic rings. The second kappa shape index (κ2) is 11.3. The summed E-state index contributed by atoms with van der Waals surface area (Å²) in [6.07, 6.45) is -3.01. The van der Waals surface area contributed by atoms with Gasteiger partial charge in [0.05, 0.1) is 0 Å². The minimum atomic E-state index is -1.30. The Labute approximate surface area is 192 Å². The van der Waals surface area contributed by atoms with Gasteiger partial charge in [-0.2, -0.15) is 4.98 Å². The number of thioether (sulfide) groups is 1. The molecule has 0 aliphatic carbocycles. The topological polar surface area (TPSA) is 145 Å². The molecule has 32 heavy (non-hydrogen) atoms.